The van der Waals surface area contributed by atoms with Crippen LogP contribution < -0.4 is 10.5 Å². The maximum absolute atomic E-state index is 14.1. The molecule has 2 atom stereocenters. The molecule has 1 saturated carbocycles. The summed E-state index contributed by atoms with van der Waals surface area (Å²) in [6.07, 6.45) is 4.59. The Kier molecular flexibility index (Phi) is 4.71. The van der Waals surface area contributed by atoms with E-state index in [-0.39, 0.29) is 23.3 Å². The van der Waals surface area contributed by atoms with Crippen LogP contribution in [0.15, 0.2) is 36.4 Å². The number of halogens is 1. The molecule has 1 fully saturated rings. The van der Waals surface area contributed by atoms with Crippen molar-refractivity contribution < 1.29 is 14.2 Å². The molecule has 0 amide bonds. The van der Waals surface area contributed by atoms with Gasteiger partial charge in [-0.3, -0.25) is 5.41 Å². The number of aromatic hydroxyl groups is 1. The number of aromatic amines is 1. The number of fused-ring (bicyclic) bond motifs is 1. The van der Waals surface area contributed by atoms with Gasteiger partial charge in [-0.15, -0.1) is 0 Å². The second kappa shape index (κ2) is 7.19. The third-order valence-electron chi connectivity index (χ3n) is 5.60. The lowest BCUT2D eigenvalue weighted by Crippen LogP contribution is -2.28. The molecular weight excluding hydrogens is 357 g/mol. The Bertz CT molecular complexity index is 1040. The third kappa shape index (κ3) is 3.30. The lowest BCUT2D eigenvalue weighted by atomic mass is 9.88. The molecular formula is C22H24FN3O2. The number of aromatic nitrogens is 1. The van der Waals surface area contributed by atoms with Crippen LogP contribution in [-0.4, -0.2) is 22.0 Å². The topological polar surface area (TPSA) is 95.1 Å². The molecule has 4 rings (SSSR count). The molecule has 0 aliphatic heterocycles. The predicted molar refractivity (Wildman–Crippen MR) is 108 cm³/mol. The predicted octanol–water partition coefficient (Wildman–Crippen LogP) is 4.92. The number of phenols is 1. The molecule has 0 saturated heterocycles. The summed E-state index contributed by atoms with van der Waals surface area (Å²) >= 11 is 0. The quantitative estimate of drug-likeness (QED) is 0.381. The summed E-state index contributed by atoms with van der Waals surface area (Å²) in [4.78, 5) is 3.13. The Morgan fingerprint density at radius 3 is 2.79 bits per heavy atom. The summed E-state index contributed by atoms with van der Waals surface area (Å²) in [5.41, 5.74) is 7.31. The highest BCUT2D eigenvalue weighted by Gasteiger charge is 2.24. The molecule has 6 heteroatoms. The number of hydrogen-bond donors (Lipinski definition) is 4. The summed E-state index contributed by atoms with van der Waals surface area (Å²) in [5, 5.41) is 19.0. The normalized spacial score (nSPS) is 19.6. The first-order valence-corrected chi connectivity index (χ1v) is 9.59. The molecule has 5 nitrogen and oxygen atoms in total. The summed E-state index contributed by atoms with van der Waals surface area (Å²) in [5.74, 6) is 0.116. The van der Waals surface area contributed by atoms with Crippen molar-refractivity contribution in [3.63, 3.8) is 0 Å². The van der Waals surface area contributed by atoms with E-state index in [9.17, 15) is 9.50 Å². The van der Waals surface area contributed by atoms with Gasteiger partial charge in [-0.1, -0.05) is 19.4 Å². The maximum Gasteiger partial charge on any atom is 0.167 e. The van der Waals surface area contributed by atoms with Gasteiger partial charge >= 0.3 is 0 Å². The van der Waals surface area contributed by atoms with Crippen LogP contribution in [0.25, 0.3) is 22.2 Å². The zero-order valence-electron chi connectivity index (χ0n) is 15.8. The van der Waals surface area contributed by atoms with Gasteiger partial charge in [0.1, 0.15) is 17.8 Å². The Morgan fingerprint density at radius 2 is 2.04 bits per heavy atom. The molecule has 0 bridgehead atoms. The van der Waals surface area contributed by atoms with E-state index >= 15 is 0 Å². The van der Waals surface area contributed by atoms with E-state index in [1.54, 1.807) is 12.1 Å². The van der Waals surface area contributed by atoms with Crippen molar-refractivity contribution >= 4 is 16.7 Å². The van der Waals surface area contributed by atoms with E-state index in [2.05, 4.69) is 11.9 Å². The average molecular weight is 381 g/mol. The zero-order chi connectivity index (χ0) is 19.8. The first-order valence-electron chi connectivity index (χ1n) is 9.59. The van der Waals surface area contributed by atoms with Crippen LogP contribution in [-0.2, 0) is 0 Å². The van der Waals surface area contributed by atoms with Gasteiger partial charge in [0.15, 0.2) is 11.5 Å². The second-order valence-corrected chi connectivity index (χ2v) is 7.59. The largest absolute Gasteiger partial charge is 0.504 e. The van der Waals surface area contributed by atoms with Gasteiger partial charge in [0.05, 0.1) is 11.3 Å². The molecule has 0 spiro atoms. The molecule has 2 unspecified atom stereocenters. The van der Waals surface area contributed by atoms with Crippen LogP contribution in [0.2, 0.25) is 0 Å². The van der Waals surface area contributed by atoms with Crippen molar-refractivity contribution in [3.8, 4) is 22.8 Å². The molecule has 3 aromatic rings. The number of para-hydroxylation sites is 1. The summed E-state index contributed by atoms with van der Waals surface area (Å²) in [6, 6.07) is 10.1. The number of ether oxygens (including phenoxy) is 1. The Morgan fingerprint density at radius 1 is 1.25 bits per heavy atom. The van der Waals surface area contributed by atoms with Gasteiger partial charge in [-0.25, -0.2) is 4.39 Å². The van der Waals surface area contributed by atoms with Crippen molar-refractivity contribution in [2.75, 3.05) is 0 Å². The van der Waals surface area contributed by atoms with Gasteiger partial charge in [0.25, 0.3) is 0 Å². The molecule has 28 heavy (non-hydrogen) atoms. The van der Waals surface area contributed by atoms with Gasteiger partial charge < -0.3 is 20.6 Å². The van der Waals surface area contributed by atoms with E-state index in [1.807, 2.05) is 12.1 Å². The fourth-order valence-electron chi connectivity index (χ4n) is 3.96. The maximum atomic E-state index is 14.1. The lowest BCUT2D eigenvalue weighted by molar-refractivity contribution is 0.0993. The van der Waals surface area contributed by atoms with Crippen LogP contribution >= 0.6 is 0 Å². The van der Waals surface area contributed by atoms with Crippen LogP contribution in [0.1, 0.15) is 38.2 Å². The van der Waals surface area contributed by atoms with Crippen molar-refractivity contribution in [3.05, 3.63) is 47.8 Å². The molecule has 1 aliphatic rings. The van der Waals surface area contributed by atoms with Crippen molar-refractivity contribution in [2.24, 2.45) is 11.7 Å². The highest BCUT2D eigenvalue weighted by molar-refractivity contribution is 6.00. The standard InChI is InChI=1S/C22H24FN3O2/c1-12-5-2-3-7-19(12)28-20-8-4-6-14(21(20)27)18-10-13-9-15(22(24)25)16(23)11-17(13)26-18/h4,6,8-12,19,26-27H,2-3,5,7H2,1H3,(H3,24,25). The van der Waals surface area contributed by atoms with Crippen LogP contribution in [0.3, 0.4) is 0 Å². The SMILES string of the molecule is CC1CCCCC1Oc1cccc(-c2cc3cc(C(=N)N)c(F)cc3[nH]2)c1O. The number of nitrogen functional groups attached to an aromatic ring is 1. The van der Waals surface area contributed by atoms with Crippen molar-refractivity contribution in [2.45, 2.75) is 38.7 Å². The van der Waals surface area contributed by atoms with Crippen LogP contribution in [0.5, 0.6) is 11.5 Å². The number of nitrogens with two attached hydrogens (primary N) is 1. The number of rotatable bonds is 4. The third-order valence-corrected chi connectivity index (χ3v) is 5.60. The average Bonchev–Trinajstić information content (AvgIpc) is 3.06. The highest BCUT2D eigenvalue weighted by atomic mass is 19.1. The van der Waals surface area contributed by atoms with E-state index in [1.165, 1.54) is 18.6 Å². The summed E-state index contributed by atoms with van der Waals surface area (Å²) < 4.78 is 20.2. The van der Waals surface area contributed by atoms with Gasteiger partial charge in [-0.05, 0) is 55.5 Å². The lowest BCUT2D eigenvalue weighted by Gasteiger charge is -2.29. The van der Waals surface area contributed by atoms with Crippen molar-refractivity contribution in [1.82, 2.24) is 4.98 Å². The number of phenolic OH excluding ortho intramolecular Hbond substituents is 1. The first kappa shape index (κ1) is 18.3. The Hall–Kier alpha value is -3.02. The van der Waals surface area contributed by atoms with Crippen molar-refractivity contribution in [1.29, 1.82) is 5.41 Å². The van der Waals surface area contributed by atoms with E-state index < -0.39 is 5.82 Å². The van der Waals surface area contributed by atoms with Gasteiger partial charge in [-0.2, -0.15) is 0 Å². The second-order valence-electron chi connectivity index (χ2n) is 7.59. The smallest absolute Gasteiger partial charge is 0.167 e. The molecule has 146 valence electrons. The molecule has 5 N–H and O–H groups in total. The minimum Gasteiger partial charge on any atom is -0.504 e. The van der Waals surface area contributed by atoms with Crippen LogP contribution in [0.4, 0.5) is 4.39 Å². The molecule has 2 aromatic carbocycles. The van der Waals surface area contributed by atoms with Gasteiger partial charge in [0.2, 0.25) is 0 Å². The minimum atomic E-state index is -0.555. The van der Waals surface area contributed by atoms with Gasteiger partial charge in [0, 0.05) is 16.5 Å². The zero-order valence-corrected chi connectivity index (χ0v) is 15.8. The summed E-state index contributed by atoms with van der Waals surface area (Å²) in [7, 11) is 0. The number of nitrogens with one attached hydrogen (secondary N) is 2. The Labute approximate surface area is 162 Å². The number of benzene rings is 2. The fourth-order valence-corrected chi connectivity index (χ4v) is 3.96. The molecule has 1 aromatic heterocycles. The van der Waals surface area contributed by atoms with E-state index in [0.717, 1.165) is 19.3 Å². The Balaban J connectivity index is 1.70. The van der Waals surface area contributed by atoms with E-state index in [0.29, 0.717) is 33.8 Å². The monoisotopic (exact) mass is 381 g/mol. The highest BCUT2D eigenvalue weighted by Crippen LogP contribution is 2.40. The molecule has 1 heterocycles. The molecule has 0 radical (unpaired) electrons. The number of amidine groups is 1. The minimum absolute atomic E-state index is 0.0608. The fraction of sp³-hybridized carbons (Fsp3) is 0.318. The number of hydrogen-bond acceptors (Lipinski definition) is 3. The summed E-state index contributed by atoms with van der Waals surface area (Å²) in [6.45, 7) is 2.18. The number of H-pyrrole nitrogens is 1. The molecule has 1 aliphatic carbocycles. The van der Waals surface area contributed by atoms with Crippen LogP contribution in [0, 0.1) is 17.1 Å². The first-order chi connectivity index (χ1) is 13.4. The van der Waals surface area contributed by atoms with E-state index in [4.69, 9.17) is 15.9 Å².